The van der Waals surface area contributed by atoms with Crippen molar-refractivity contribution in [2.24, 2.45) is 0 Å². The summed E-state index contributed by atoms with van der Waals surface area (Å²) in [4.78, 5) is 13.8. The third-order valence-electron chi connectivity index (χ3n) is 4.55. The first-order valence-electron chi connectivity index (χ1n) is 8.87. The van der Waals surface area contributed by atoms with Crippen LogP contribution in [0.1, 0.15) is 33.1 Å². The number of rotatable bonds is 5. The molecule has 0 spiro atoms. The molecule has 9 heteroatoms. The second-order valence-electron chi connectivity index (χ2n) is 6.51. The molecule has 3 aromatic rings. The van der Waals surface area contributed by atoms with Crippen molar-refractivity contribution in [1.29, 1.82) is 0 Å². The largest absolute Gasteiger partial charge is 0.417 e. The van der Waals surface area contributed by atoms with E-state index >= 15 is 0 Å². The molecule has 1 atom stereocenters. The van der Waals surface area contributed by atoms with E-state index in [0.717, 1.165) is 4.90 Å². The van der Waals surface area contributed by atoms with Crippen molar-refractivity contribution in [3.63, 3.8) is 0 Å². The second kappa shape index (κ2) is 9.51. The fourth-order valence-electron chi connectivity index (χ4n) is 3.04. The molecule has 0 fully saturated rings. The van der Waals surface area contributed by atoms with Gasteiger partial charge in [-0.15, -0.1) is 11.8 Å². The van der Waals surface area contributed by atoms with E-state index in [2.05, 4.69) is 5.32 Å². The van der Waals surface area contributed by atoms with Crippen LogP contribution in [0, 0.1) is 5.82 Å². The Balaban J connectivity index is 2.08. The summed E-state index contributed by atoms with van der Waals surface area (Å²) in [6.45, 7) is 0. The lowest BCUT2D eigenvalue weighted by Crippen LogP contribution is -2.31. The number of halogens is 6. The molecule has 0 bridgehead atoms. The van der Waals surface area contributed by atoms with E-state index in [-0.39, 0.29) is 10.0 Å². The molecule has 3 rings (SSSR count). The maximum atomic E-state index is 13.7. The number of benzene rings is 3. The zero-order chi connectivity index (χ0) is 22.8. The standard InChI is InChI=1S/C22H15Cl2F4NOS/c1-31-14-8-5-12(6-9-14)20(15-3-2-4-18(23)19(15)24)29-21(30)16-11-13(25)7-10-17(16)22(26,27)28/h2-11,20H,1H3,(H,29,30). The monoisotopic (exact) mass is 487 g/mol. The lowest BCUT2D eigenvalue weighted by atomic mass is 9.97. The number of hydrogen-bond acceptors (Lipinski definition) is 2. The zero-order valence-corrected chi connectivity index (χ0v) is 18.3. The molecule has 0 aliphatic rings. The van der Waals surface area contributed by atoms with Crippen LogP contribution in [0.15, 0.2) is 65.6 Å². The maximum Gasteiger partial charge on any atom is 0.417 e. The highest BCUT2D eigenvalue weighted by atomic mass is 35.5. The minimum Gasteiger partial charge on any atom is -0.341 e. The molecular weight excluding hydrogens is 473 g/mol. The van der Waals surface area contributed by atoms with Gasteiger partial charge in [0, 0.05) is 4.90 Å². The van der Waals surface area contributed by atoms with Crippen LogP contribution < -0.4 is 5.32 Å². The Morgan fingerprint density at radius 1 is 1.03 bits per heavy atom. The van der Waals surface area contributed by atoms with Crippen molar-refractivity contribution in [2.75, 3.05) is 6.26 Å². The molecule has 0 saturated carbocycles. The van der Waals surface area contributed by atoms with Gasteiger partial charge in [0.15, 0.2) is 0 Å². The Bertz CT molecular complexity index is 1100. The summed E-state index contributed by atoms with van der Waals surface area (Å²) in [5.74, 6) is -2.05. The SMILES string of the molecule is CSc1ccc(C(NC(=O)c2cc(F)ccc2C(F)(F)F)c2cccc(Cl)c2Cl)cc1. The maximum absolute atomic E-state index is 13.7. The average Bonchev–Trinajstić information content (AvgIpc) is 2.73. The topological polar surface area (TPSA) is 29.1 Å². The highest BCUT2D eigenvalue weighted by molar-refractivity contribution is 7.98. The quantitative estimate of drug-likeness (QED) is 0.300. The van der Waals surface area contributed by atoms with Crippen LogP contribution in [0.2, 0.25) is 10.0 Å². The van der Waals surface area contributed by atoms with Gasteiger partial charge in [0.2, 0.25) is 0 Å². The summed E-state index contributed by atoms with van der Waals surface area (Å²) in [7, 11) is 0. The fourth-order valence-corrected chi connectivity index (χ4v) is 3.87. The van der Waals surface area contributed by atoms with Gasteiger partial charge in [-0.3, -0.25) is 4.79 Å². The predicted molar refractivity (Wildman–Crippen MR) is 115 cm³/mol. The summed E-state index contributed by atoms with van der Waals surface area (Å²) >= 11 is 13.9. The summed E-state index contributed by atoms with van der Waals surface area (Å²) in [6, 6.07) is 12.7. The highest BCUT2D eigenvalue weighted by Crippen LogP contribution is 2.36. The number of hydrogen-bond donors (Lipinski definition) is 1. The molecule has 3 aromatic carbocycles. The molecule has 1 N–H and O–H groups in total. The lowest BCUT2D eigenvalue weighted by Gasteiger charge is -2.23. The zero-order valence-electron chi connectivity index (χ0n) is 15.9. The van der Waals surface area contributed by atoms with E-state index < -0.39 is 35.1 Å². The normalized spacial score (nSPS) is 12.5. The third-order valence-corrected chi connectivity index (χ3v) is 6.13. The molecular formula is C22H15Cl2F4NOS. The second-order valence-corrected chi connectivity index (χ2v) is 8.18. The van der Waals surface area contributed by atoms with Gasteiger partial charge in [0.1, 0.15) is 5.82 Å². The molecule has 0 aromatic heterocycles. The minimum atomic E-state index is -4.83. The number of thioether (sulfide) groups is 1. The highest BCUT2D eigenvalue weighted by Gasteiger charge is 2.36. The van der Waals surface area contributed by atoms with Crippen LogP contribution in [0.25, 0.3) is 0 Å². The van der Waals surface area contributed by atoms with Crippen molar-refractivity contribution in [1.82, 2.24) is 5.32 Å². The molecule has 162 valence electrons. The summed E-state index contributed by atoms with van der Waals surface area (Å²) in [5.41, 5.74) is -1.10. The van der Waals surface area contributed by atoms with Gasteiger partial charge in [0.25, 0.3) is 5.91 Å². The number of carbonyl (C=O) groups excluding carboxylic acids is 1. The van der Waals surface area contributed by atoms with Crippen molar-refractivity contribution < 1.29 is 22.4 Å². The van der Waals surface area contributed by atoms with Gasteiger partial charge in [-0.05, 0) is 53.8 Å². The Morgan fingerprint density at radius 2 is 1.71 bits per heavy atom. The van der Waals surface area contributed by atoms with E-state index in [9.17, 15) is 22.4 Å². The molecule has 0 aliphatic carbocycles. The first-order chi connectivity index (χ1) is 14.6. The minimum absolute atomic E-state index is 0.152. The van der Waals surface area contributed by atoms with Crippen molar-refractivity contribution in [3.05, 3.63) is 98.8 Å². The van der Waals surface area contributed by atoms with Crippen molar-refractivity contribution in [2.45, 2.75) is 17.1 Å². The molecule has 0 radical (unpaired) electrons. The van der Waals surface area contributed by atoms with Crippen LogP contribution in [-0.2, 0) is 6.18 Å². The van der Waals surface area contributed by atoms with Gasteiger partial charge < -0.3 is 5.32 Å². The van der Waals surface area contributed by atoms with E-state index in [0.29, 0.717) is 29.3 Å². The van der Waals surface area contributed by atoms with Crippen LogP contribution >= 0.6 is 35.0 Å². The van der Waals surface area contributed by atoms with Crippen LogP contribution in [0.4, 0.5) is 17.6 Å². The van der Waals surface area contributed by atoms with Crippen molar-refractivity contribution in [3.8, 4) is 0 Å². The van der Waals surface area contributed by atoms with E-state index in [4.69, 9.17) is 23.2 Å². The first kappa shape index (κ1) is 23.4. The van der Waals surface area contributed by atoms with Crippen LogP contribution in [0.3, 0.4) is 0 Å². The first-order valence-corrected chi connectivity index (χ1v) is 10.9. The molecule has 31 heavy (non-hydrogen) atoms. The number of nitrogens with one attached hydrogen (secondary N) is 1. The molecule has 2 nitrogen and oxygen atoms in total. The smallest absolute Gasteiger partial charge is 0.341 e. The van der Waals surface area contributed by atoms with Crippen LogP contribution in [-0.4, -0.2) is 12.2 Å². The van der Waals surface area contributed by atoms with Gasteiger partial charge in [0.05, 0.1) is 27.2 Å². The van der Waals surface area contributed by atoms with Crippen LogP contribution in [0.5, 0.6) is 0 Å². The summed E-state index contributed by atoms with van der Waals surface area (Å²) in [5, 5.41) is 2.93. The summed E-state index contributed by atoms with van der Waals surface area (Å²) < 4.78 is 53.8. The third kappa shape index (κ3) is 5.34. The molecule has 0 aliphatic heterocycles. The molecule has 0 saturated heterocycles. The average molecular weight is 488 g/mol. The number of amides is 1. The summed E-state index contributed by atoms with van der Waals surface area (Å²) in [6.07, 6.45) is -2.94. The van der Waals surface area contributed by atoms with Gasteiger partial charge >= 0.3 is 6.18 Å². The van der Waals surface area contributed by atoms with E-state index in [1.165, 1.54) is 11.8 Å². The van der Waals surface area contributed by atoms with Crippen molar-refractivity contribution >= 4 is 40.9 Å². The molecule has 0 heterocycles. The molecule has 1 unspecified atom stereocenters. The Kier molecular flexibility index (Phi) is 7.19. The Labute approximate surface area is 190 Å². The van der Waals surface area contributed by atoms with E-state index in [1.54, 1.807) is 42.5 Å². The predicted octanol–water partition coefficient (Wildman–Crippen LogP) is 7.39. The molecule has 1 amide bonds. The lowest BCUT2D eigenvalue weighted by molar-refractivity contribution is -0.138. The fraction of sp³-hybridized carbons (Fsp3) is 0.136. The van der Waals surface area contributed by atoms with Gasteiger partial charge in [-0.1, -0.05) is 47.5 Å². The van der Waals surface area contributed by atoms with E-state index in [1.807, 2.05) is 6.26 Å². The Morgan fingerprint density at radius 3 is 2.32 bits per heavy atom. The number of carbonyl (C=O) groups is 1. The Hall–Kier alpha value is -2.22. The van der Waals surface area contributed by atoms with Gasteiger partial charge in [-0.25, -0.2) is 4.39 Å². The van der Waals surface area contributed by atoms with Gasteiger partial charge in [-0.2, -0.15) is 13.2 Å². The number of alkyl halides is 3.